The number of aryl methyl sites for hydroxylation is 1. The van der Waals surface area contributed by atoms with Crippen LogP contribution in [-0.2, 0) is 0 Å². The van der Waals surface area contributed by atoms with Crippen molar-refractivity contribution in [3.05, 3.63) is 27.9 Å². The van der Waals surface area contributed by atoms with Gasteiger partial charge in [0.25, 0.3) is 5.69 Å². The highest BCUT2D eigenvalue weighted by Gasteiger charge is 2.13. The van der Waals surface area contributed by atoms with E-state index in [0.29, 0.717) is 12.2 Å². The number of nitrogens with one attached hydrogen (secondary N) is 1. The van der Waals surface area contributed by atoms with E-state index in [9.17, 15) is 10.1 Å². The smallest absolute Gasteiger partial charge is 0.287 e. The molecule has 0 radical (unpaired) electrons. The van der Waals surface area contributed by atoms with Crippen molar-refractivity contribution in [2.75, 3.05) is 23.9 Å². The van der Waals surface area contributed by atoms with Crippen LogP contribution in [0.25, 0.3) is 0 Å². The number of thioether (sulfide) groups is 1. The fraction of sp³-hybridized carbons (Fsp3) is 0.545. The first-order valence-corrected chi connectivity index (χ1v) is 6.95. The van der Waals surface area contributed by atoms with E-state index in [1.54, 1.807) is 18.7 Å². The Morgan fingerprint density at radius 1 is 1.67 bits per heavy atom. The average Bonchev–Trinajstić information content (AvgIpc) is 2.32. The minimum Gasteiger partial charge on any atom is -0.396 e. The van der Waals surface area contributed by atoms with Crippen LogP contribution in [0.1, 0.15) is 12.0 Å². The molecule has 7 heteroatoms. The van der Waals surface area contributed by atoms with Gasteiger partial charge in [0.2, 0.25) is 0 Å². The highest BCUT2D eigenvalue weighted by molar-refractivity contribution is 7.98. The first-order chi connectivity index (χ1) is 8.58. The molecule has 1 aromatic heterocycles. The molecule has 1 atom stereocenters. The Hall–Kier alpha value is -1.34. The minimum atomic E-state index is -0.461. The van der Waals surface area contributed by atoms with Gasteiger partial charge in [-0.2, -0.15) is 11.8 Å². The molecule has 0 aliphatic heterocycles. The van der Waals surface area contributed by atoms with Gasteiger partial charge in [0.1, 0.15) is 12.0 Å². The fourth-order valence-corrected chi connectivity index (χ4v) is 2.21. The SMILES string of the molecule is CSC[C@H](CCO)Nc1ncc([N+](=O)[O-])cc1C. The van der Waals surface area contributed by atoms with Crippen molar-refractivity contribution in [1.82, 2.24) is 4.98 Å². The maximum atomic E-state index is 10.6. The zero-order chi connectivity index (χ0) is 13.5. The van der Waals surface area contributed by atoms with Gasteiger partial charge < -0.3 is 10.4 Å². The lowest BCUT2D eigenvalue weighted by atomic mass is 10.2. The van der Waals surface area contributed by atoms with Gasteiger partial charge >= 0.3 is 0 Å². The van der Waals surface area contributed by atoms with Crippen molar-refractivity contribution in [1.29, 1.82) is 0 Å². The number of aliphatic hydroxyl groups excluding tert-OH is 1. The van der Waals surface area contributed by atoms with Crippen molar-refractivity contribution < 1.29 is 10.0 Å². The van der Waals surface area contributed by atoms with E-state index >= 15 is 0 Å². The second kappa shape index (κ2) is 7.17. The Morgan fingerprint density at radius 3 is 2.89 bits per heavy atom. The summed E-state index contributed by atoms with van der Waals surface area (Å²) >= 11 is 1.67. The molecule has 0 aliphatic carbocycles. The summed E-state index contributed by atoms with van der Waals surface area (Å²) < 4.78 is 0. The molecule has 1 aromatic rings. The Kier molecular flexibility index (Phi) is 5.87. The van der Waals surface area contributed by atoms with Gasteiger partial charge in [-0.25, -0.2) is 4.98 Å². The normalized spacial score (nSPS) is 12.2. The number of aromatic nitrogens is 1. The van der Waals surface area contributed by atoms with Crippen LogP contribution in [0.15, 0.2) is 12.3 Å². The van der Waals surface area contributed by atoms with E-state index in [0.717, 1.165) is 11.3 Å². The second-order valence-corrected chi connectivity index (χ2v) is 4.84. The van der Waals surface area contributed by atoms with E-state index < -0.39 is 4.92 Å². The molecule has 0 saturated heterocycles. The van der Waals surface area contributed by atoms with Gasteiger partial charge in [-0.3, -0.25) is 10.1 Å². The number of hydrogen-bond donors (Lipinski definition) is 2. The Labute approximate surface area is 110 Å². The van der Waals surface area contributed by atoms with Crippen molar-refractivity contribution in [2.24, 2.45) is 0 Å². The van der Waals surface area contributed by atoms with Gasteiger partial charge in [0, 0.05) is 24.5 Å². The summed E-state index contributed by atoms with van der Waals surface area (Å²) in [6.07, 6.45) is 3.85. The molecular formula is C11H17N3O3S. The number of aliphatic hydroxyl groups is 1. The lowest BCUT2D eigenvalue weighted by molar-refractivity contribution is -0.385. The molecule has 0 unspecified atom stereocenters. The molecule has 0 saturated carbocycles. The van der Waals surface area contributed by atoms with Gasteiger partial charge in [0.15, 0.2) is 0 Å². The molecule has 0 aromatic carbocycles. The summed E-state index contributed by atoms with van der Waals surface area (Å²) in [5, 5.41) is 22.8. The summed E-state index contributed by atoms with van der Waals surface area (Å²) in [6.45, 7) is 1.88. The Bertz CT molecular complexity index is 409. The third-order valence-electron chi connectivity index (χ3n) is 2.46. The molecule has 1 rings (SSSR count). The summed E-state index contributed by atoms with van der Waals surface area (Å²) in [7, 11) is 0. The monoisotopic (exact) mass is 271 g/mol. The molecule has 100 valence electrons. The molecule has 1 heterocycles. The van der Waals surface area contributed by atoms with E-state index in [4.69, 9.17) is 5.11 Å². The standard InChI is InChI=1S/C11H17N3O3S/c1-8-5-10(14(16)17)6-12-11(8)13-9(3-4-15)7-18-2/h5-6,9,15H,3-4,7H2,1-2H3,(H,12,13)/t9-/m0/s1. The molecule has 0 bridgehead atoms. The summed E-state index contributed by atoms with van der Waals surface area (Å²) in [5.41, 5.74) is 0.717. The first kappa shape index (κ1) is 14.7. The fourth-order valence-electron chi connectivity index (χ4n) is 1.56. The topological polar surface area (TPSA) is 88.3 Å². The van der Waals surface area contributed by atoms with Gasteiger partial charge in [0.05, 0.1) is 4.92 Å². The zero-order valence-corrected chi connectivity index (χ0v) is 11.2. The molecule has 0 aliphatic rings. The van der Waals surface area contributed by atoms with Crippen LogP contribution in [-0.4, -0.2) is 39.7 Å². The van der Waals surface area contributed by atoms with E-state index in [2.05, 4.69) is 10.3 Å². The number of nitro groups is 1. The van der Waals surface area contributed by atoms with E-state index in [1.807, 2.05) is 6.26 Å². The van der Waals surface area contributed by atoms with Crippen LogP contribution in [0.4, 0.5) is 11.5 Å². The Morgan fingerprint density at radius 2 is 2.39 bits per heavy atom. The lowest BCUT2D eigenvalue weighted by Gasteiger charge is -2.18. The van der Waals surface area contributed by atoms with Crippen molar-refractivity contribution >= 4 is 23.3 Å². The third-order valence-corrected chi connectivity index (χ3v) is 3.20. The lowest BCUT2D eigenvalue weighted by Crippen LogP contribution is -2.24. The largest absolute Gasteiger partial charge is 0.396 e. The average molecular weight is 271 g/mol. The van der Waals surface area contributed by atoms with Crippen LogP contribution < -0.4 is 5.32 Å². The van der Waals surface area contributed by atoms with E-state index in [-0.39, 0.29) is 18.3 Å². The molecular weight excluding hydrogens is 254 g/mol. The van der Waals surface area contributed by atoms with Crippen LogP contribution >= 0.6 is 11.8 Å². The van der Waals surface area contributed by atoms with Crippen LogP contribution in [0.3, 0.4) is 0 Å². The van der Waals surface area contributed by atoms with Crippen LogP contribution in [0.5, 0.6) is 0 Å². The van der Waals surface area contributed by atoms with Crippen molar-refractivity contribution in [3.63, 3.8) is 0 Å². The predicted octanol–water partition coefficient (Wildman–Crippen LogP) is 1.82. The molecule has 0 spiro atoms. The number of nitrogens with zero attached hydrogens (tertiary/aromatic N) is 2. The first-order valence-electron chi connectivity index (χ1n) is 5.55. The number of rotatable bonds is 7. The molecule has 2 N–H and O–H groups in total. The molecule has 0 fully saturated rings. The Balaban J connectivity index is 2.79. The highest BCUT2D eigenvalue weighted by Crippen LogP contribution is 2.19. The summed E-state index contributed by atoms with van der Waals surface area (Å²) in [4.78, 5) is 14.2. The quantitative estimate of drug-likeness (QED) is 0.581. The number of anilines is 1. The number of hydrogen-bond acceptors (Lipinski definition) is 6. The van der Waals surface area contributed by atoms with E-state index in [1.165, 1.54) is 12.3 Å². The summed E-state index contributed by atoms with van der Waals surface area (Å²) in [6, 6.07) is 1.60. The van der Waals surface area contributed by atoms with Gasteiger partial charge in [-0.1, -0.05) is 0 Å². The van der Waals surface area contributed by atoms with Gasteiger partial charge in [-0.05, 0) is 25.2 Å². The maximum absolute atomic E-state index is 10.6. The zero-order valence-electron chi connectivity index (χ0n) is 10.4. The third kappa shape index (κ3) is 4.15. The highest BCUT2D eigenvalue weighted by atomic mass is 32.2. The second-order valence-electron chi connectivity index (χ2n) is 3.93. The summed E-state index contributed by atoms with van der Waals surface area (Å²) in [5.74, 6) is 1.48. The molecule has 18 heavy (non-hydrogen) atoms. The van der Waals surface area contributed by atoms with Crippen molar-refractivity contribution in [3.8, 4) is 0 Å². The van der Waals surface area contributed by atoms with Crippen LogP contribution in [0.2, 0.25) is 0 Å². The van der Waals surface area contributed by atoms with Gasteiger partial charge in [-0.15, -0.1) is 0 Å². The van der Waals surface area contributed by atoms with Crippen LogP contribution in [0, 0.1) is 17.0 Å². The minimum absolute atomic E-state index is 0.0124. The number of pyridine rings is 1. The van der Waals surface area contributed by atoms with Crippen molar-refractivity contribution in [2.45, 2.75) is 19.4 Å². The maximum Gasteiger partial charge on any atom is 0.287 e. The molecule has 0 amide bonds. The predicted molar refractivity (Wildman–Crippen MR) is 73.1 cm³/mol. The molecule has 6 nitrogen and oxygen atoms in total.